The van der Waals surface area contributed by atoms with E-state index in [-0.39, 0.29) is 0 Å². The van der Waals surface area contributed by atoms with Crippen LogP contribution in [0, 0.1) is 0 Å². The van der Waals surface area contributed by atoms with Crippen LogP contribution >= 0.6 is 0 Å². The largest absolute Gasteiger partial charge is 0.385 e. The molecule has 0 radical (unpaired) electrons. The van der Waals surface area contributed by atoms with Crippen molar-refractivity contribution in [3.8, 4) is 0 Å². The number of hydrogen-bond donors (Lipinski definition) is 2. The summed E-state index contributed by atoms with van der Waals surface area (Å²) in [5.74, 6) is 0. The molecule has 0 saturated heterocycles. The molecule has 1 aromatic carbocycles. The number of nitrogens with two attached hydrogens (primary N) is 1. The maximum absolute atomic E-state index is 10.3. The van der Waals surface area contributed by atoms with Gasteiger partial charge in [0, 0.05) is 6.54 Å². The van der Waals surface area contributed by atoms with E-state index in [0.717, 1.165) is 36.8 Å². The highest BCUT2D eigenvalue weighted by molar-refractivity contribution is 5.27. The average Bonchev–Trinajstić information content (AvgIpc) is 2.67. The smallest absolute Gasteiger partial charge is 0.0896 e. The van der Waals surface area contributed by atoms with E-state index in [1.165, 1.54) is 0 Å². The van der Waals surface area contributed by atoms with Crippen LogP contribution in [0.2, 0.25) is 0 Å². The van der Waals surface area contributed by atoms with Crippen LogP contribution in [-0.2, 0) is 12.1 Å². The molecule has 0 heterocycles. The SMILES string of the molecule is NCc1ccc(C2(O)CCCC2)cc1. The predicted octanol–water partition coefficient (Wildman–Crippen LogP) is 1.91. The minimum Gasteiger partial charge on any atom is -0.385 e. The highest BCUT2D eigenvalue weighted by Gasteiger charge is 2.32. The van der Waals surface area contributed by atoms with Crippen molar-refractivity contribution in [1.29, 1.82) is 0 Å². The Morgan fingerprint density at radius 3 is 2.21 bits per heavy atom. The maximum atomic E-state index is 10.3. The van der Waals surface area contributed by atoms with Crippen LogP contribution in [0.4, 0.5) is 0 Å². The molecule has 1 saturated carbocycles. The topological polar surface area (TPSA) is 46.2 Å². The van der Waals surface area contributed by atoms with Gasteiger partial charge in [0.25, 0.3) is 0 Å². The summed E-state index contributed by atoms with van der Waals surface area (Å²) in [4.78, 5) is 0. The van der Waals surface area contributed by atoms with Crippen LogP contribution in [-0.4, -0.2) is 5.11 Å². The van der Waals surface area contributed by atoms with Crippen molar-refractivity contribution in [3.05, 3.63) is 35.4 Å². The lowest BCUT2D eigenvalue weighted by molar-refractivity contribution is 0.0444. The van der Waals surface area contributed by atoms with Gasteiger partial charge in [-0.25, -0.2) is 0 Å². The molecule has 2 nitrogen and oxygen atoms in total. The first-order valence-electron chi connectivity index (χ1n) is 5.26. The van der Waals surface area contributed by atoms with Gasteiger partial charge in [-0.1, -0.05) is 37.1 Å². The van der Waals surface area contributed by atoms with E-state index in [2.05, 4.69) is 0 Å². The van der Waals surface area contributed by atoms with Crippen LogP contribution in [0.1, 0.15) is 36.8 Å². The highest BCUT2D eigenvalue weighted by Crippen LogP contribution is 2.38. The molecule has 1 fully saturated rings. The van der Waals surface area contributed by atoms with Gasteiger partial charge in [-0.15, -0.1) is 0 Å². The second kappa shape index (κ2) is 3.71. The first kappa shape index (κ1) is 9.69. The Bertz CT molecular complexity index is 299. The fraction of sp³-hybridized carbons (Fsp3) is 0.500. The fourth-order valence-electron chi connectivity index (χ4n) is 2.20. The van der Waals surface area contributed by atoms with E-state index in [1.54, 1.807) is 0 Å². The zero-order chi connectivity index (χ0) is 10.0. The molecule has 0 atom stereocenters. The molecule has 0 spiro atoms. The molecule has 0 bridgehead atoms. The number of aliphatic hydroxyl groups is 1. The summed E-state index contributed by atoms with van der Waals surface area (Å²) >= 11 is 0. The van der Waals surface area contributed by atoms with Crippen LogP contribution in [0.25, 0.3) is 0 Å². The summed E-state index contributed by atoms with van der Waals surface area (Å²) in [5.41, 5.74) is 7.13. The summed E-state index contributed by atoms with van der Waals surface area (Å²) in [6.45, 7) is 0.568. The third kappa shape index (κ3) is 1.68. The summed E-state index contributed by atoms with van der Waals surface area (Å²) in [6.07, 6.45) is 4.06. The molecule has 0 amide bonds. The lowest BCUT2D eigenvalue weighted by Gasteiger charge is -2.22. The summed E-state index contributed by atoms with van der Waals surface area (Å²) < 4.78 is 0. The van der Waals surface area contributed by atoms with E-state index in [1.807, 2.05) is 24.3 Å². The quantitative estimate of drug-likeness (QED) is 0.750. The van der Waals surface area contributed by atoms with Crippen molar-refractivity contribution in [1.82, 2.24) is 0 Å². The molecular weight excluding hydrogens is 174 g/mol. The van der Waals surface area contributed by atoms with Crippen LogP contribution < -0.4 is 5.73 Å². The van der Waals surface area contributed by atoms with Crippen LogP contribution in [0.3, 0.4) is 0 Å². The number of benzene rings is 1. The normalized spacial score (nSPS) is 19.9. The van der Waals surface area contributed by atoms with Gasteiger partial charge < -0.3 is 10.8 Å². The van der Waals surface area contributed by atoms with Gasteiger partial charge in [0.05, 0.1) is 5.60 Å². The van der Waals surface area contributed by atoms with E-state index in [0.29, 0.717) is 6.54 Å². The van der Waals surface area contributed by atoms with Gasteiger partial charge in [-0.3, -0.25) is 0 Å². The van der Waals surface area contributed by atoms with Crippen molar-refractivity contribution < 1.29 is 5.11 Å². The second-order valence-corrected chi connectivity index (χ2v) is 4.14. The molecule has 76 valence electrons. The molecule has 1 aromatic rings. The lowest BCUT2D eigenvalue weighted by atomic mass is 9.92. The van der Waals surface area contributed by atoms with Gasteiger partial charge in [0.15, 0.2) is 0 Å². The van der Waals surface area contributed by atoms with E-state index in [9.17, 15) is 5.11 Å². The molecule has 0 aromatic heterocycles. The van der Waals surface area contributed by atoms with Gasteiger partial charge in [0.2, 0.25) is 0 Å². The minimum atomic E-state index is -0.562. The fourth-order valence-corrected chi connectivity index (χ4v) is 2.20. The predicted molar refractivity (Wildman–Crippen MR) is 56.7 cm³/mol. The number of rotatable bonds is 2. The van der Waals surface area contributed by atoms with Gasteiger partial charge >= 0.3 is 0 Å². The summed E-state index contributed by atoms with van der Waals surface area (Å²) in [5, 5.41) is 10.3. The second-order valence-electron chi connectivity index (χ2n) is 4.14. The highest BCUT2D eigenvalue weighted by atomic mass is 16.3. The van der Waals surface area contributed by atoms with Crippen LogP contribution in [0.15, 0.2) is 24.3 Å². The van der Waals surface area contributed by atoms with Crippen molar-refractivity contribution >= 4 is 0 Å². The maximum Gasteiger partial charge on any atom is 0.0896 e. The molecule has 2 rings (SSSR count). The Morgan fingerprint density at radius 2 is 1.71 bits per heavy atom. The van der Waals surface area contributed by atoms with Crippen molar-refractivity contribution in [2.75, 3.05) is 0 Å². The molecule has 1 aliphatic carbocycles. The standard InChI is InChI=1S/C12H17NO/c13-9-10-3-5-11(6-4-10)12(14)7-1-2-8-12/h3-6,14H,1-2,7-9,13H2. The summed E-state index contributed by atoms with van der Waals surface area (Å²) in [7, 11) is 0. The van der Waals surface area contributed by atoms with Gasteiger partial charge in [-0.05, 0) is 24.0 Å². The molecule has 0 aliphatic heterocycles. The zero-order valence-corrected chi connectivity index (χ0v) is 8.37. The first-order valence-corrected chi connectivity index (χ1v) is 5.26. The Morgan fingerprint density at radius 1 is 1.14 bits per heavy atom. The van der Waals surface area contributed by atoms with Gasteiger partial charge in [0.1, 0.15) is 0 Å². The van der Waals surface area contributed by atoms with E-state index in [4.69, 9.17) is 5.73 Å². The monoisotopic (exact) mass is 191 g/mol. The van der Waals surface area contributed by atoms with Crippen LogP contribution in [0.5, 0.6) is 0 Å². The summed E-state index contributed by atoms with van der Waals surface area (Å²) in [6, 6.07) is 8.03. The molecule has 1 aliphatic rings. The average molecular weight is 191 g/mol. The third-order valence-corrected chi connectivity index (χ3v) is 3.16. The van der Waals surface area contributed by atoms with Crippen molar-refractivity contribution in [2.24, 2.45) is 5.73 Å². The molecular formula is C12H17NO. The Kier molecular flexibility index (Phi) is 2.57. The minimum absolute atomic E-state index is 0.562. The van der Waals surface area contributed by atoms with Crippen molar-refractivity contribution in [2.45, 2.75) is 37.8 Å². The molecule has 2 heteroatoms. The Balaban J connectivity index is 2.23. The third-order valence-electron chi connectivity index (χ3n) is 3.16. The van der Waals surface area contributed by atoms with E-state index >= 15 is 0 Å². The van der Waals surface area contributed by atoms with E-state index < -0.39 is 5.60 Å². The first-order chi connectivity index (χ1) is 6.74. The molecule has 3 N–H and O–H groups in total. The zero-order valence-electron chi connectivity index (χ0n) is 8.37. The number of hydrogen-bond acceptors (Lipinski definition) is 2. The Hall–Kier alpha value is -0.860. The lowest BCUT2D eigenvalue weighted by Crippen LogP contribution is -2.20. The molecule has 0 unspecified atom stereocenters. The van der Waals surface area contributed by atoms with Crippen molar-refractivity contribution in [3.63, 3.8) is 0 Å². The molecule has 14 heavy (non-hydrogen) atoms. The van der Waals surface area contributed by atoms with Gasteiger partial charge in [-0.2, -0.15) is 0 Å². The Labute approximate surface area is 84.7 Å².